The second-order valence-corrected chi connectivity index (χ2v) is 5.83. The quantitative estimate of drug-likeness (QED) is 0.409. The molecule has 0 amide bonds. The molecule has 0 atom stereocenters. The van der Waals surface area contributed by atoms with Gasteiger partial charge in [0.05, 0.1) is 0 Å². The van der Waals surface area contributed by atoms with Crippen LogP contribution in [0.5, 0.6) is 11.5 Å². The van der Waals surface area contributed by atoms with E-state index in [-0.39, 0.29) is 51.0 Å². The average Bonchev–Trinajstić information content (AvgIpc) is 2.71. The minimum absolute atomic E-state index is 0. The topological polar surface area (TPSA) is 40.5 Å². The van der Waals surface area contributed by atoms with Gasteiger partial charge in [-0.1, -0.05) is 84.9 Å². The summed E-state index contributed by atoms with van der Waals surface area (Å²) in [6, 6.07) is 34.6. The molecule has 4 aromatic carbocycles. The summed E-state index contributed by atoms with van der Waals surface area (Å²) < 4.78 is 0. The second kappa shape index (κ2) is 14.0. The minimum Gasteiger partial charge on any atom is -1.00 e. The van der Waals surface area contributed by atoms with Crippen LogP contribution in [0.25, 0.3) is 22.3 Å². The number of hydrogen-bond acceptors (Lipinski definition) is 2. The third kappa shape index (κ3) is 8.45. The van der Waals surface area contributed by atoms with Gasteiger partial charge in [-0.25, -0.2) is 0 Å². The molecule has 0 unspecified atom stereocenters. The van der Waals surface area contributed by atoms with Gasteiger partial charge in [-0.15, -0.1) is 0 Å². The molecule has 5 heteroatoms. The Morgan fingerprint density at radius 2 is 0.586 bits per heavy atom. The Morgan fingerprint density at radius 3 is 0.862 bits per heavy atom. The third-order valence-electron chi connectivity index (χ3n) is 3.95. The summed E-state index contributed by atoms with van der Waals surface area (Å²) in [5.41, 5.74) is 4.59. The van der Waals surface area contributed by atoms with Gasteiger partial charge < -0.3 is 35.0 Å². The fourth-order valence-electron chi connectivity index (χ4n) is 2.57. The summed E-state index contributed by atoms with van der Waals surface area (Å²) in [7, 11) is 0. The molecule has 29 heavy (non-hydrogen) atoms. The van der Waals surface area contributed by atoms with Crippen LogP contribution in [0.4, 0.5) is 0 Å². The van der Waals surface area contributed by atoms with Crippen molar-refractivity contribution in [1.29, 1.82) is 0 Å². The Kier molecular flexibility index (Phi) is 13.0. The first kappa shape index (κ1) is 26.9. The first-order valence-corrected chi connectivity index (χ1v) is 8.41. The van der Waals surface area contributed by atoms with Crippen LogP contribution in [-0.2, 0) is 26.2 Å². The first-order chi connectivity index (χ1) is 12.7. The maximum atomic E-state index is 9.10. The van der Waals surface area contributed by atoms with Crippen LogP contribution in [0.1, 0.15) is 0 Å². The van der Waals surface area contributed by atoms with Gasteiger partial charge in [-0.05, 0) is 46.5 Å². The van der Waals surface area contributed by atoms with Gasteiger partial charge in [0.15, 0.2) is 0 Å². The zero-order chi connectivity index (χ0) is 18.2. The van der Waals surface area contributed by atoms with Gasteiger partial charge >= 0.3 is 26.2 Å². The van der Waals surface area contributed by atoms with E-state index in [0.29, 0.717) is 11.5 Å². The van der Waals surface area contributed by atoms with Gasteiger partial charge in [-0.3, -0.25) is 0 Å². The van der Waals surface area contributed by atoms with Crippen molar-refractivity contribution < 1.29 is 61.2 Å². The number of aromatic hydroxyl groups is 2. The van der Waals surface area contributed by atoms with E-state index in [1.54, 1.807) is 24.3 Å². The largest absolute Gasteiger partial charge is 2.00 e. The van der Waals surface area contributed by atoms with Gasteiger partial charge in [-0.2, -0.15) is 0 Å². The Bertz CT molecular complexity index is 849. The molecule has 0 bridgehead atoms. The Balaban J connectivity index is 0.000000490. The van der Waals surface area contributed by atoms with Crippen LogP contribution in [-0.4, -0.2) is 10.2 Å². The van der Waals surface area contributed by atoms with Crippen LogP contribution in [0.15, 0.2) is 109 Å². The summed E-state index contributed by atoms with van der Waals surface area (Å²) in [4.78, 5) is 0. The van der Waals surface area contributed by atoms with E-state index in [1.165, 1.54) is 11.1 Å². The van der Waals surface area contributed by atoms with Crippen molar-refractivity contribution in [2.75, 3.05) is 0 Å². The van der Waals surface area contributed by atoms with E-state index in [9.17, 15) is 0 Å². The van der Waals surface area contributed by atoms with E-state index < -0.39 is 0 Å². The molecule has 0 fully saturated rings. The van der Waals surface area contributed by atoms with E-state index in [1.807, 2.05) is 84.9 Å². The molecule has 0 aliphatic carbocycles. The van der Waals surface area contributed by atoms with Gasteiger partial charge in [0.1, 0.15) is 11.5 Å². The summed E-state index contributed by atoms with van der Waals surface area (Å²) in [6.45, 7) is 0. The van der Waals surface area contributed by atoms with Crippen molar-refractivity contribution in [2.45, 2.75) is 0 Å². The van der Waals surface area contributed by atoms with Crippen molar-refractivity contribution in [3.05, 3.63) is 109 Å². The van der Waals surface area contributed by atoms with E-state index in [0.717, 1.165) is 11.1 Å². The smallest absolute Gasteiger partial charge is 1.00 e. The van der Waals surface area contributed by atoms with Crippen LogP contribution >= 0.6 is 0 Å². The molecule has 0 saturated carbocycles. The monoisotopic (exact) mass is 500 g/mol. The Morgan fingerprint density at radius 1 is 0.345 bits per heavy atom. The molecule has 0 radical (unpaired) electrons. The maximum absolute atomic E-state index is 9.10. The Hall–Kier alpha value is -2.06. The first-order valence-electron chi connectivity index (χ1n) is 8.41. The SMILES string of the molecule is Oc1ccc(-c2ccccc2)cc1.Oc1ccc(-c2ccccc2)cc1.[Cl-].[Cl-].[Zr+2]. The predicted molar refractivity (Wildman–Crippen MR) is 107 cm³/mol. The molecular weight excluding hydrogens is 482 g/mol. The van der Waals surface area contributed by atoms with E-state index >= 15 is 0 Å². The average molecular weight is 503 g/mol. The third-order valence-corrected chi connectivity index (χ3v) is 3.95. The number of phenolic OH excluding ortho intramolecular Hbond substituents is 2. The molecule has 0 saturated heterocycles. The number of hydrogen-bond donors (Lipinski definition) is 2. The molecule has 0 aliphatic heterocycles. The molecule has 4 aromatic rings. The van der Waals surface area contributed by atoms with Crippen molar-refractivity contribution in [2.24, 2.45) is 0 Å². The maximum Gasteiger partial charge on any atom is 2.00 e. The van der Waals surface area contributed by atoms with Crippen LogP contribution in [0, 0.1) is 0 Å². The number of benzene rings is 4. The second-order valence-electron chi connectivity index (χ2n) is 5.83. The van der Waals surface area contributed by atoms with Crippen LogP contribution in [0.3, 0.4) is 0 Å². The zero-order valence-corrected chi connectivity index (χ0v) is 19.5. The van der Waals surface area contributed by atoms with E-state index in [4.69, 9.17) is 10.2 Å². The molecular formula is C24H20Cl2O2Zr. The molecule has 0 spiro atoms. The molecule has 146 valence electrons. The van der Waals surface area contributed by atoms with Crippen LogP contribution in [0.2, 0.25) is 0 Å². The van der Waals surface area contributed by atoms with Crippen molar-refractivity contribution in [1.82, 2.24) is 0 Å². The van der Waals surface area contributed by atoms with Gasteiger partial charge in [0, 0.05) is 0 Å². The Labute approximate surface area is 203 Å². The number of phenols is 2. The number of halogens is 2. The summed E-state index contributed by atoms with van der Waals surface area (Å²) >= 11 is 0. The molecule has 0 aliphatic rings. The molecule has 2 N–H and O–H groups in total. The standard InChI is InChI=1S/2C12H10O.2ClH.Zr/c2*13-12-8-6-11(7-9-12)10-4-2-1-3-5-10;;;/h2*1-9,13H;2*1H;/q;;;;+2/p-2. The summed E-state index contributed by atoms with van der Waals surface area (Å²) in [6.07, 6.45) is 0. The van der Waals surface area contributed by atoms with Gasteiger partial charge in [0.2, 0.25) is 0 Å². The van der Waals surface area contributed by atoms with Crippen molar-refractivity contribution >= 4 is 0 Å². The van der Waals surface area contributed by atoms with Crippen molar-refractivity contribution in [3.8, 4) is 33.8 Å². The normalized spacial score (nSPS) is 8.83. The van der Waals surface area contributed by atoms with Crippen molar-refractivity contribution in [3.63, 3.8) is 0 Å². The fraction of sp³-hybridized carbons (Fsp3) is 0. The van der Waals surface area contributed by atoms with E-state index in [2.05, 4.69) is 0 Å². The molecule has 2 nitrogen and oxygen atoms in total. The molecule has 0 heterocycles. The minimum atomic E-state index is 0. The molecule has 4 rings (SSSR count). The number of rotatable bonds is 2. The fourth-order valence-corrected chi connectivity index (χ4v) is 2.57. The summed E-state index contributed by atoms with van der Waals surface area (Å²) in [5.74, 6) is 0.611. The van der Waals surface area contributed by atoms with Crippen LogP contribution < -0.4 is 24.8 Å². The van der Waals surface area contributed by atoms with Gasteiger partial charge in [0.25, 0.3) is 0 Å². The summed E-state index contributed by atoms with van der Waals surface area (Å²) in [5, 5.41) is 18.2. The predicted octanol–water partition coefficient (Wildman–Crippen LogP) is 0.124. The molecule has 0 aromatic heterocycles. The zero-order valence-electron chi connectivity index (χ0n) is 15.5.